The number of halogens is 2. The summed E-state index contributed by atoms with van der Waals surface area (Å²) in [6.45, 7) is 0. The quantitative estimate of drug-likeness (QED) is 0.624. The van der Waals surface area contributed by atoms with Crippen LogP contribution in [0.5, 0.6) is 0 Å². The molecule has 2 rings (SSSR count). The smallest absolute Gasteiger partial charge is 0.337 e. The van der Waals surface area contributed by atoms with Gasteiger partial charge in [-0.2, -0.15) is 0 Å². The van der Waals surface area contributed by atoms with Gasteiger partial charge < -0.3 is 15.7 Å². The molecule has 0 unspecified atom stereocenters. The number of nitrogens with one attached hydrogen (secondary N) is 2. The SMILES string of the molecule is CNc1cc(CCCc2cc(NC)c(C(=O)O)cc2F)c(F)cc1C=O. The summed E-state index contributed by atoms with van der Waals surface area (Å²) in [5.74, 6) is -2.30. The molecule has 5 nitrogen and oxygen atoms in total. The second kappa shape index (κ2) is 8.42. The molecular weight excluding hydrogens is 342 g/mol. The lowest BCUT2D eigenvalue weighted by molar-refractivity contribution is 0.0697. The lowest BCUT2D eigenvalue weighted by Crippen LogP contribution is -2.06. The summed E-state index contributed by atoms with van der Waals surface area (Å²) in [6.07, 6.45) is 1.73. The van der Waals surface area contributed by atoms with E-state index in [0.717, 1.165) is 6.07 Å². The molecule has 3 N–H and O–H groups in total. The number of carbonyl (C=O) groups excluding carboxylic acids is 1. The van der Waals surface area contributed by atoms with Gasteiger partial charge in [-0.3, -0.25) is 4.79 Å². The maximum Gasteiger partial charge on any atom is 0.337 e. The number of rotatable bonds is 8. The van der Waals surface area contributed by atoms with Gasteiger partial charge in [0.25, 0.3) is 0 Å². The summed E-state index contributed by atoms with van der Waals surface area (Å²) in [4.78, 5) is 22.0. The van der Waals surface area contributed by atoms with E-state index in [1.54, 1.807) is 20.2 Å². The van der Waals surface area contributed by atoms with Crippen LogP contribution in [-0.4, -0.2) is 31.5 Å². The number of hydrogen-bond acceptors (Lipinski definition) is 4. The fourth-order valence-corrected chi connectivity index (χ4v) is 2.80. The molecule has 0 aliphatic rings. The van der Waals surface area contributed by atoms with Gasteiger partial charge in [-0.1, -0.05) is 0 Å². The topological polar surface area (TPSA) is 78.4 Å². The molecule has 0 heterocycles. The van der Waals surface area contributed by atoms with Crippen molar-refractivity contribution in [3.8, 4) is 0 Å². The van der Waals surface area contributed by atoms with E-state index < -0.39 is 17.6 Å². The van der Waals surface area contributed by atoms with E-state index in [4.69, 9.17) is 5.11 Å². The number of hydrogen-bond donors (Lipinski definition) is 3. The first kappa shape index (κ1) is 19.4. The summed E-state index contributed by atoms with van der Waals surface area (Å²) >= 11 is 0. The van der Waals surface area contributed by atoms with Crippen LogP contribution in [0.15, 0.2) is 24.3 Å². The van der Waals surface area contributed by atoms with Crippen LogP contribution >= 0.6 is 0 Å². The molecule has 0 radical (unpaired) electrons. The van der Waals surface area contributed by atoms with Gasteiger partial charge >= 0.3 is 5.97 Å². The molecular formula is C19H20F2N2O3. The van der Waals surface area contributed by atoms with Gasteiger partial charge in [0.05, 0.1) is 5.56 Å². The van der Waals surface area contributed by atoms with E-state index in [-0.39, 0.29) is 11.1 Å². The summed E-state index contributed by atoms with van der Waals surface area (Å²) < 4.78 is 28.2. The zero-order chi connectivity index (χ0) is 19.3. The van der Waals surface area contributed by atoms with Crippen LogP contribution in [-0.2, 0) is 12.8 Å². The Balaban J connectivity index is 2.15. The van der Waals surface area contributed by atoms with E-state index in [1.165, 1.54) is 12.1 Å². The van der Waals surface area contributed by atoms with Crippen LogP contribution in [0.2, 0.25) is 0 Å². The molecule has 138 valence electrons. The van der Waals surface area contributed by atoms with Gasteiger partial charge in [-0.05, 0) is 54.7 Å². The zero-order valence-electron chi connectivity index (χ0n) is 14.5. The highest BCUT2D eigenvalue weighted by Gasteiger charge is 2.15. The summed E-state index contributed by atoms with van der Waals surface area (Å²) in [5, 5.41) is 14.7. The first-order chi connectivity index (χ1) is 12.4. The summed E-state index contributed by atoms with van der Waals surface area (Å²) in [5.41, 5.74) is 1.75. The second-order valence-electron chi connectivity index (χ2n) is 5.80. The zero-order valence-corrected chi connectivity index (χ0v) is 14.5. The maximum atomic E-state index is 14.1. The molecule has 2 aromatic carbocycles. The van der Waals surface area contributed by atoms with Crippen LogP contribution in [0.4, 0.5) is 20.2 Å². The van der Waals surface area contributed by atoms with Gasteiger partial charge in [0.15, 0.2) is 6.29 Å². The number of carbonyl (C=O) groups is 2. The first-order valence-corrected chi connectivity index (χ1v) is 8.10. The first-order valence-electron chi connectivity index (χ1n) is 8.10. The number of aromatic carboxylic acids is 1. The highest BCUT2D eigenvalue weighted by atomic mass is 19.1. The standard InChI is InChI=1S/C19H20F2N2O3/c1-22-17-7-11(15(20)6-13(17)10-24)4-3-5-12-8-18(23-2)14(19(25)26)9-16(12)21/h6-10,22-23H,3-5H2,1-2H3,(H,25,26). The van der Waals surface area contributed by atoms with Crippen molar-refractivity contribution in [2.45, 2.75) is 19.3 Å². The van der Waals surface area contributed by atoms with Gasteiger partial charge in [0.1, 0.15) is 11.6 Å². The Morgan fingerprint density at radius 2 is 1.54 bits per heavy atom. The van der Waals surface area contributed by atoms with Crippen molar-refractivity contribution in [1.82, 2.24) is 0 Å². The number of aldehydes is 1. The van der Waals surface area contributed by atoms with E-state index in [9.17, 15) is 18.4 Å². The van der Waals surface area contributed by atoms with Crippen LogP contribution in [0.1, 0.15) is 38.3 Å². The van der Waals surface area contributed by atoms with Crippen LogP contribution in [0.3, 0.4) is 0 Å². The second-order valence-corrected chi connectivity index (χ2v) is 5.80. The van der Waals surface area contributed by atoms with Crippen LogP contribution < -0.4 is 10.6 Å². The largest absolute Gasteiger partial charge is 0.478 e. The van der Waals surface area contributed by atoms with Crippen molar-refractivity contribution >= 4 is 23.6 Å². The molecule has 0 saturated heterocycles. The van der Waals surface area contributed by atoms with Gasteiger partial charge in [-0.25, -0.2) is 13.6 Å². The molecule has 0 atom stereocenters. The summed E-state index contributed by atoms with van der Waals surface area (Å²) in [6, 6.07) is 5.20. The third-order valence-electron chi connectivity index (χ3n) is 4.19. The van der Waals surface area contributed by atoms with Crippen molar-refractivity contribution in [1.29, 1.82) is 0 Å². The van der Waals surface area contributed by atoms with E-state index in [2.05, 4.69) is 10.6 Å². The number of carboxylic acids is 1. The van der Waals surface area contributed by atoms with E-state index >= 15 is 0 Å². The fraction of sp³-hybridized carbons (Fsp3) is 0.263. The molecule has 0 amide bonds. The Kier molecular flexibility index (Phi) is 6.27. The highest BCUT2D eigenvalue weighted by Crippen LogP contribution is 2.24. The average molecular weight is 362 g/mol. The number of aryl methyl sites for hydroxylation is 2. The van der Waals surface area contributed by atoms with Crippen LogP contribution in [0.25, 0.3) is 0 Å². The van der Waals surface area contributed by atoms with Crippen molar-refractivity contribution in [3.63, 3.8) is 0 Å². The number of anilines is 2. The third kappa shape index (κ3) is 4.17. The lowest BCUT2D eigenvalue weighted by Gasteiger charge is -2.11. The normalized spacial score (nSPS) is 10.5. The molecule has 0 spiro atoms. The Hall–Kier alpha value is -2.96. The average Bonchev–Trinajstić information content (AvgIpc) is 2.63. The van der Waals surface area contributed by atoms with Gasteiger partial charge in [-0.15, -0.1) is 0 Å². The lowest BCUT2D eigenvalue weighted by atomic mass is 9.99. The fourth-order valence-electron chi connectivity index (χ4n) is 2.80. The molecule has 2 aromatic rings. The highest BCUT2D eigenvalue weighted by molar-refractivity contribution is 5.94. The van der Waals surface area contributed by atoms with Crippen molar-refractivity contribution in [2.75, 3.05) is 24.7 Å². The maximum absolute atomic E-state index is 14.1. The molecule has 0 aliphatic carbocycles. The molecule has 7 heteroatoms. The van der Waals surface area contributed by atoms with Gasteiger partial charge in [0.2, 0.25) is 0 Å². The minimum atomic E-state index is -1.21. The molecule has 0 aliphatic heterocycles. The third-order valence-corrected chi connectivity index (χ3v) is 4.19. The molecule has 0 aromatic heterocycles. The van der Waals surface area contributed by atoms with E-state index in [0.29, 0.717) is 48.1 Å². The molecule has 26 heavy (non-hydrogen) atoms. The predicted molar refractivity (Wildman–Crippen MR) is 96.3 cm³/mol. The van der Waals surface area contributed by atoms with E-state index in [1.807, 2.05) is 0 Å². The molecule has 0 fully saturated rings. The van der Waals surface area contributed by atoms with Crippen molar-refractivity contribution in [3.05, 3.63) is 58.2 Å². The Morgan fingerprint density at radius 3 is 2.04 bits per heavy atom. The Labute approximate surface area is 150 Å². The summed E-state index contributed by atoms with van der Waals surface area (Å²) in [7, 11) is 3.20. The minimum absolute atomic E-state index is 0.136. The molecule has 0 saturated carbocycles. The Morgan fingerprint density at radius 1 is 1.00 bits per heavy atom. The van der Waals surface area contributed by atoms with Crippen molar-refractivity contribution < 1.29 is 23.5 Å². The van der Waals surface area contributed by atoms with Crippen LogP contribution in [0, 0.1) is 11.6 Å². The van der Waals surface area contributed by atoms with Gasteiger partial charge in [0, 0.05) is 31.0 Å². The Bertz CT molecular complexity index is 838. The number of benzene rings is 2. The molecule has 0 bridgehead atoms. The number of carboxylic acid groups (broad SMARTS) is 1. The predicted octanol–water partition coefficient (Wildman–Crippen LogP) is 3.73. The monoisotopic (exact) mass is 362 g/mol. The minimum Gasteiger partial charge on any atom is -0.478 e. The van der Waals surface area contributed by atoms with Crippen molar-refractivity contribution in [2.24, 2.45) is 0 Å².